The fraction of sp³-hybridized carbons (Fsp3) is 0. The molecule has 0 saturated carbocycles. The van der Waals surface area contributed by atoms with Gasteiger partial charge in [0.25, 0.3) is 0 Å². The van der Waals surface area contributed by atoms with Crippen LogP contribution >= 0.6 is 0 Å². The molecule has 0 bridgehead atoms. The van der Waals surface area contributed by atoms with Crippen LogP contribution in [0.1, 0.15) is 0 Å². The number of benzene rings is 2. The molecule has 2 nitrogen and oxygen atoms in total. The first-order chi connectivity index (χ1) is 9.90. The van der Waals surface area contributed by atoms with Gasteiger partial charge in [0.05, 0.1) is 11.4 Å². The number of fused-ring (bicyclic) bond motifs is 2. The average molecular weight is 256 g/mol. The topological polar surface area (TPSA) is 25.8 Å². The van der Waals surface area contributed by atoms with Crippen molar-refractivity contribution >= 4 is 21.5 Å². The first kappa shape index (κ1) is 11.1. The average Bonchev–Trinajstić information content (AvgIpc) is 2.54. The smallest absolute Gasteiger partial charge is 0.0892 e. The summed E-state index contributed by atoms with van der Waals surface area (Å²) in [6.45, 7) is 0. The van der Waals surface area contributed by atoms with Crippen LogP contribution in [0.2, 0.25) is 0 Å². The van der Waals surface area contributed by atoms with Gasteiger partial charge in [-0.05, 0) is 22.9 Å². The fourth-order valence-corrected chi connectivity index (χ4v) is 2.45. The van der Waals surface area contributed by atoms with E-state index in [-0.39, 0.29) is 0 Å². The molecule has 0 N–H and O–H groups in total. The Balaban J connectivity index is 1.91. The van der Waals surface area contributed by atoms with Gasteiger partial charge in [-0.3, -0.25) is 9.97 Å². The maximum atomic E-state index is 4.52. The summed E-state index contributed by atoms with van der Waals surface area (Å²) in [7, 11) is 0. The quantitative estimate of drug-likeness (QED) is 0.503. The largest absolute Gasteiger partial charge is 0.254 e. The molecule has 0 spiro atoms. The van der Waals surface area contributed by atoms with E-state index in [1.165, 1.54) is 10.8 Å². The summed E-state index contributed by atoms with van der Waals surface area (Å²) < 4.78 is 0. The summed E-state index contributed by atoms with van der Waals surface area (Å²) >= 11 is 0. The third-order valence-electron chi connectivity index (χ3n) is 3.52. The lowest BCUT2D eigenvalue weighted by atomic mass is 10.1. The Hall–Kier alpha value is -2.74. The van der Waals surface area contributed by atoms with Gasteiger partial charge < -0.3 is 0 Å². The second kappa shape index (κ2) is 4.42. The van der Waals surface area contributed by atoms with Gasteiger partial charge in [-0.15, -0.1) is 0 Å². The van der Waals surface area contributed by atoms with E-state index in [4.69, 9.17) is 0 Å². The Morgan fingerprint density at radius 2 is 0.900 bits per heavy atom. The third kappa shape index (κ3) is 1.82. The van der Waals surface area contributed by atoms with E-state index in [1.54, 1.807) is 0 Å². The number of hydrogen-bond acceptors (Lipinski definition) is 2. The van der Waals surface area contributed by atoms with Crippen molar-refractivity contribution < 1.29 is 0 Å². The van der Waals surface area contributed by atoms with E-state index in [0.29, 0.717) is 0 Å². The predicted molar refractivity (Wildman–Crippen MR) is 82.5 cm³/mol. The van der Waals surface area contributed by atoms with E-state index in [9.17, 15) is 0 Å². The molecule has 0 fully saturated rings. The number of rotatable bonds is 1. The summed E-state index contributed by atoms with van der Waals surface area (Å²) in [4.78, 5) is 9.04. The summed E-state index contributed by atoms with van der Waals surface area (Å²) in [6, 6.07) is 20.7. The van der Waals surface area contributed by atoms with Crippen LogP contribution in [0, 0.1) is 0 Å². The molecule has 0 radical (unpaired) electrons. The number of hydrogen-bond donors (Lipinski definition) is 0. The van der Waals surface area contributed by atoms with Gasteiger partial charge in [-0.2, -0.15) is 0 Å². The Kier molecular flexibility index (Phi) is 2.46. The van der Waals surface area contributed by atoms with Gasteiger partial charge in [0.2, 0.25) is 0 Å². The Bertz CT molecular complexity index is 836. The van der Waals surface area contributed by atoms with Crippen molar-refractivity contribution in [2.45, 2.75) is 0 Å². The molecule has 2 aromatic carbocycles. The van der Waals surface area contributed by atoms with Gasteiger partial charge in [-0.25, -0.2) is 0 Å². The molecule has 0 aliphatic heterocycles. The summed E-state index contributed by atoms with van der Waals surface area (Å²) in [6.07, 6.45) is 3.81. The van der Waals surface area contributed by atoms with E-state index in [1.807, 2.05) is 36.7 Å². The van der Waals surface area contributed by atoms with Crippen LogP contribution in [-0.4, -0.2) is 9.97 Å². The molecule has 0 aliphatic rings. The molecule has 0 atom stereocenters. The Labute approximate surface area is 116 Å². The van der Waals surface area contributed by atoms with Gasteiger partial charge >= 0.3 is 0 Å². The van der Waals surface area contributed by atoms with Crippen LogP contribution in [0.4, 0.5) is 0 Å². The van der Waals surface area contributed by atoms with Crippen molar-refractivity contribution in [1.29, 1.82) is 0 Å². The van der Waals surface area contributed by atoms with Crippen molar-refractivity contribution in [2.24, 2.45) is 0 Å². The van der Waals surface area contributed by atoms with Crippen molar-refractivity contribution in [2.75, 3.05) is 0 Å². The molecule has 2 aromatic heterocycles. The van der Waals surface area contributed by atoms with Crippen LogP contribution in [0.5, 0.6) is 0 Å². The fourth-order valence-electron chi connectivity index (χ4n) is 2.45. The SMILES string of the molecule is c1ccc2cc(-c3cc4ccccc4cn3)ncc2c1. The molecule has 20 heavy (non-hydrogen) atoms. The Morgan fingerprint density at radius 3 is 1.35 bits per heavy atom. The maximum Gasteiger partial charge on any atom is 0.0892 e. The van der Waals surface area contributed by atoms with Crippen LogP contribution in [0.15, 0.2) is 73.1 Å². The minimum atomic E-state index is 0.912. The highest BCUT2D eigenvalue weighted by Gasteiger charge is 2.03. The van der Waals surface area contributed by atoms with Crippen molar-refractivity contribution in [3.8, 4) is 11.4 Å². The first-order valence-electron chi connectivity index (χ1n) is 6.60. The third-order valence-corrected chi connectivity index (χ3v) is 3.52. The molecular formula is C18H12N2. The molecule has 2 heteroatoms. The van der Waals surface area contributed by atoms with Crippen molar-refractivity contribution in [3.05, 3.63) is 73.1 Å². The molecule has 0 aliphatic carbocycles. The lowest BCUT2D eigenvalue weighted by Gasteiger charge is -2.04. The zero-order valence-electron chi connectivity index (χ0n) is 10.8. The van der Waals surface area contributed by atoms with E-state index in [0.717, 1.165) is 22.2 Å². The molecular weight excluding hydrogens is 244 g/mol. The number of pyridine rings is 2. The minimum absolute atomic E-state index is 0.912. The first-order valence-corrected chi connectivity index (χ1v) is 6.60. The molecule has 0 saturated heterocycles. The second-order valence-electron chi connectivity index (χ2n) is 4.83. The second-order valence-corrected chi connectivity index (χ2v) is 4.83. The Morgan fingerprint density at radius 1 is 0.500 bits per heavy atom. The molecule has 2 heterocycles. The van der Waals surface area contributed by atoms with Crippen LogP contribution in [0.25, 0.3) is 32.9 Å². The molecule has 4 aromatic rings. The van der Waals surface area contributed by atoms with Crippen LogP contribution in [-0.2, 0) is 0 Å². The number of aromatic nitrogens is 2. The summed E-state index contributed by atoms with van der Waals surface area (Å²) in [5.74, 6) is 0. The lowest BCUT2D eigenvalue weighted by molar-refractivity contribution is 1.28. The summed E-state index contributed by atoms with van der Waals surface area (Å²) in [5.41, 5.74) is 1.82. The standard InChI is InChI=1S/C18H12N2/c1-3-7-15-11-19-17(9-13(15)5-1)18-10-14-6-2-4-8-16(14)12-20-18/h1-12H. The van der Waals surface area contributed by atoms with Gasteiger partial charge in [0.1, 0.15) is 0 Å². The summed E-state index contributed by atoms with van der Waals surface area (Å²) in [5, 5.41) is 4.67. The zero-order valence-corrected chi connectivity index (χ0v) is 10.8. The van der Waals surface area contributed by atoms with Gasteiger partial charge in [0, 0.05) is 23.2 Å². The highest BCUT2D eigenvalue weighted by molar-refractivity contribution is 5.87. The maximum absolute atomic E-state index is 4.52. The highest BCUT2D eigenvalue weighted by atomic mass is 14.8. The van der Waals surface area contributed by atoms with E-state index >= 15 is 0 Å². The molecule has 94 valence electrons. The normalized spacial score (nSPS) is 11.0. The van der Waals surface area contributed by atoms with Crippen molar-refractivity contribution in [1.82, 2.24) is 9.97 Å². The molecule has 0 amide bonds. The molecule has 0 unspecified atom stereocenters. The van der Waals surface area contributed by atoms with Gasteiger partial charge in [-0.1, -0.05) is 48.5 Å². The highest BCUT2D eigenvalue weighted by Crippen LogP contribution is 2.23. The molecule has 4 rings (SSSR count). The van der Waals surface area contributed by atoms with Crippen LogP contribution < -0.4 is 0 Å². The monoisotopic (exact) mass is 256 g/mol. The minimum Gasteiger partial charge on any atom is -0.254 e. The van der Waals surface area contributed by atoms with E-state index < -0.39 is 0 Å². The predicted octanol–water partition coefficient (Wildman–Crippen LogP) is 4.45. The van der Waals surface area contributed by atoms with Crippen LogP contribution in [0.3, 0.4) is 0 Å². The zero-order chi connectivity index (χ0) is 13.4. The van der Waals surface area contributed by atoms with Gasteiger partial charge in [0.15, 0.2) is 0 Å². The van der Waals surface area contributed by atoms with E-state index in [2.05, 4.69) is 46.4 Å². The lowest BCUT2D eigenvalue weighted by Crippen LogP contribution is -1.88. The van der Waals surface area contributed by atoms with Crippen molar-refractivity contribution in [3.63, 3.8) is 0 Å². The number of nitrogens with zero attached hydrogens (tertiary/aromatic N) is 2.